The van der Waals surface area contributed by atoms with Gasteiger partial charge in [0.15, 0.2) is 0 Å². The molecule has 0 aromatic heterocycles. The Morgan fingerprint density at radius 3 is 2.75 bits per heavy atom. The second-order valence-electron chi connectivity index (χ2n) is 3.96. The molecule has 86 valence electrons. The molecule has 2 rings (SSSR count). The van der Waals surface area contributed by atoms with Crippen LogP contribution < -0.4 is 15.5 Å². The molecule has 1 fully saturated rings. The number of hydrogen-bond acceptors (Lipinski definition) is 3. The van der Waals surface area contributed by atoms with E-state index in [1.165, 1.54) is 11.3 Å². The third-order valence-electron chi connectivity index (χ3n) is 3.01. The summed E-state index contributed by atoms with van der Waals surface area (Å²) in [6, 6.07) is 6.49. The first-order chi connectivity index (χ1) is 7.85. The van der Waals surface area contributed by atoms with E-state index >= 15 is 0 Å². The molecule has 3 heteroatoms. The summed E-state index contributed by atoms with van der Waals surface area (Å²) in [4.78, 5) is 2.41. The van der Waals surface area contributed by atoms with Gasteiger partial charge in [0.1, 0.15) is 0 Å². The van der Waals surface area contributed by atoms with Gasteiger partial charge < -0.3 is 15.5 Å². The highest BCUT2D eigenvalue weighted by atomic mass is 15.2. The summed E-state index contributed by atoms with van der Waals surface area (Å²) < 4.78 is 0. The molecule has 1 saturated heterocycles. The van der Waals surface area contributed by atoms with Crippen molar-refractivity contribution in [3.8, 4) is 0 Å². The molecule has 0 radical (unpaired) electrons. The lowest BCUT2D eigenvalue weighted by Gasteiger charge is -2.30. The highest BCUT2D eigenvalue weighted by Crippen LogP contribution is 2.24. The normalized spacial score (nSPS) is 15.9. The number of nitrogens with zero attached hydrogens (tertiary/aromatic N) is 1. The lowest BCUT2D eigenvalue weighted by Crippen LogP contribution is -2.43. The van der Waals surface area contributed by atoms with E-state index in [1.54, 1.807) is 0 Å². The van der Waals surface area contributed by atoms with Gasteiger partial charge in [0.25, 0.3) is 0 Å². The number of benzene rings is 1. The van der Waals surface area contributed by atoms with Crippen LogP contribution >= 0.6 is 0 Å². The Morgan fingerprint density at radius 1 is 1.38 bits per heavy atom. The van der Waals surface area contributed by atoms with Gasteiger partial charge >= 0.3 is 0 Å². The van der Waals surface area contributed by atoms with Gasteiger partial charge in [0, 0.05) is 44.6 Å². The van der Waals surface area contributed by atoms with Crippen molar-refractivity contribution < 1.29 is 0 Å². The summed E-state index contributed by atoms with van der Waals surface area (Å²) in [5.41, 5.74) is 3.59. The van der Waals surface area contributed by atoms with E-state index < -0.39 is 0 Å². The molecule has 1 aliphatic rings. The van der Waals surface area contributed by atoms with Crippen LogP contribution in [-0.4, -0.2) is 33.2 Å². The molecule has 0 spiro atoms. The maximum absolute atomic E-state index is 3.85. The fourth-order valence-electron chi connectivity index (χ4n) is 2.07. The summed E-state index contributed by atoms with van der Waals surface area (Å²) in [6.07, 6.45) is 1.90. The summed E-state index contributed by atoms with van der Waals surface area (Å²) in [7, 11) is 1.94. The monoisotopic (exact) mass is 217 g/mol. The number of piperazine rings is 1. The summed E-state index contributed by atoms with van der Waals surface area (Å²) in [5.74, 6) is 0. The smallest absolute Gasteiger partial charge is 0.0412 e. The first-order valence-corrected chi connectivity index (χ1v) is 5.75. The van der Waals surface area contributed by atoms with E-state index in [4.69, 9.17) is 0 Å². The highest BCUT2D eigenvalue weighted by Gasteiger charge is 2.11. The van der Waals surface area contributed by atoms with Crippen molar-refractivity contribution in [1.29, 1.82) is 0 Å². The Kier molecular flexibility index (Phi) is 3.47. The molecule has 1 heterocycles. The number of nitrogens with one attached hydrogen (secondary N) is 2. The minimum atomic E-state index is 1.07. The Labute approximate surface area is 97.2 Å². The first kappa shape index (κ1) is 11.0. The van der Waals surface area contributed by atoms with Crippen LogP contribution in [0.1, 0.15) is 5.56 Å². The maximum atomic E-state index is 3.85. The van der Waals surface area contributed by atoms with E-state index in [2.05, 4.69) is 40.3 Å². The molecule has 2 N–H and O–H groups in total. The first-order valence-electron chi connectivity index (χ1n) is 5.75. The molecule has 0 amide bonds. The standard InChI is InChI=1S/C13H19N3/c1-3-11-10-12(4-5-13(11)14-2)16-8-6-15-7-9-16/h3-5,10,14-15H,1,6-9H2,2H3. The van der Waals surface area contributed by atoms with E-state index in [0.717, 1.165) is 31.9 Å². The average molecular weight is 217 g/mol. The van der Waals surface area contributed by atoms with Gasteiger partial charge in [0.05, 0.1) is 0 Å². The second-order valence-corrected chi connectivity index (χ2v) is 3.96. The molecule has 0 unspecified atom stereocenters. The Bertz CT molecular complexity index is 367. The zero-order valence-corrected chi connectivity index (χ0v) is 9.79. The van der Waals surface area contributed by atoms with Gasteiger partial charge in [-0.2, -0.15) is 0 Å². The van der Waals surface area contributed by atoms with Crippen molar-refractivity contribution in [1.82, 2.24) is 5.32 Å². The third-order valence-corrected chi connectivity index (χ3v) is 3.01. The van der Waals surface area contributed by atoms with Crippen LogP contribution in [0, 0.1) is 0 Å². The topological polar surface area (TPSA) is 27.3 Å². The van der Waals surface area contributed by atoms with Crippen molar-refractivity contribution >= 4 is 17.5 Å². The summed E-state index contributed by atoms with van der Waals surface area (Å²) in [6.45, 7) is 8.15. The molecule has 0 saturated carbocycles. The van der Waals surface area contributed by atoms with E-state index in [1.807, 2.05) is 13.1 Å². The van der Waals surface area contributed by atoms with Crippen LogP contribution in [0.5, 0.6) is 0 Å². The maximum Gasteiger partial charge on any atom is 0.0412 e. The van der Waals surface area contributed by atoms with Crippen molar-refractivity contribution in [2.24, 2.45) is 0 Å². The van der Waals surface area contributed by atoms with Crippen LogP contribution in [0.2, 0.25) is 0 Å². The van der Waals surface area contributed by atoms with Crippen molar-refractivity contribution in [3.05, 3.63) is 30.3 Å². The molecule has 1 aromatic carbocycles. The second kappa shape index (κ2) is 5.03. The zero-order chi connectivity index (χ0) is 11.4. The summed E-state index contributed by atoms with van der Waals surface area (Å²) in [5, 5.41) is 6.54. The minimum Gasteiger partial charge on any atom is -0.388 e. The molecular weight excluding hydrogens is 198 g/mol. The van der Waals surface area contributed by atoms with E-state index in [0.29, 0.717) is 0 Å². The largest absolute Gasteiger partial charge is 0.388 e. The van der Waals surface area contributed by atoms with Gasteiger partial charge in [-0.25, -0.2) is 0 Å². The van der Waals surface area contributed by atoms with Crippen molar-refractivity contribution in [2.75, 3.05) is 43.4 Å². The fraction of sp³-hybridized carbons (Fsp3) is 0.385. The third kappa shape index (κ3) is 2.19. The van der Waals surface area contributed by atoms with Crippen LogP contribution in [0.15, 0.2) is 24.8 Å². The van der Waals surface area contributed by atoms with Gasteiger partial charge in [0.2, 0.25) is 0 Å². The molecule has 1 aliphatic heterocycles. The predicted molar refractivity (Wildman–Crippen MR) is 71.2 cm³/mol. The van der Waals surface area contributed by atoms with E-state index in [-0.39, 0.29) is 0 Å². The zero-order valence-electron chi connectivity index (χ0n) is 9.79. The molecule has 0 aliphatic carbocycles. The quantitative estimate of drug-likeness (QED) is 0.808. The molecule has 16 heavy (non-hydrogen) atoms. The lowest BCUT2D eigenvalue weighted by molar-refractivity contribution is 0.589. The number of hydrogen-bond donors (Lipinski definition) is 2. The SMILES string of the molecule is C=Cc1cc(N2CCNCC2)ccc1NC. The van der Waals surface area contributed by atoms with Gasteiger partial charge in [-0.1, -0.05) is 12.7 Å². The highest BCUT2D eigenvalue weighted by molar-refractivity contribution is 5.70. The van der Waals surface area contributed by atoms with Crippen molar-refractivity contribution in [2.45, 2.75) is 0 Å². The Morgan fingerprint density at radius 2 is 2.12 bits per heavy atom. The van der Waals surface area contributed by atoms with E-state index in [9.17, 15) is 0 Å². The van der Waals surface area contributed by atoms with Gasteiger partial charge in [-0.15, -0.1) is 0 Å². The molecule has 0 bridgehead atoms. The molecule has 3 nitrogen and oxygen atoms in total. The van der Waals surface area contributed by atoms with Crippen LogP contribution in [-0.2, 0) is 0 Å². The van der Waals surface area contributed by atoms with Crippen LogP contribution in [0.3, 0.4) is 0 Å². The number of rotatable bonds is 3. The minimum absolute atomic E-state index is 1.07. The predicted octanol–water partition coefficient (Wildman–Crippen LogP) is 1.78. The van der Waals surface area contributed by atoms with Gasteiger partial charge in [-0.3, -0.25) is 0 Å². The van der Waals surface area contributed by atoms with Crippen LogP contribution in [0.4, 0.5) is 11.4 Å². The Balaban J connectivity index is 2.24. The number of anilines is 2. The van der Waals surface area contributed by atoms with Crippen molar-refractivity contribution in [3.63, 3.8) is 0 Å². The fourth-order valence-corrected chi connectivity index (χ4v) is 2.07. The Hall–Kier alpha value is -1.48. The average Bonchev–Trinajstić information content (AvgIpc) is 2.39. The molecular formula is C13H19N3. The molecule has 1 aromatic rings. The van der Waals surface area contributed by atoms with Crippen LogP contribution in [0.25, 0.3) is 6.08 Å². The van der Waals surface area contributed by atoms with Gasteiger partial charge in [-0.05, 0) is 23.8 Å². The molecule has 0 atom stereocenters. The lowest BCUT2D eigenvalue weighted by atomic mass is 10.1. The summed E-state index contributed by atoms with van der Waals surface area (Å²) >= 11 is 0.